The quantitative estimate of drug-likeness (QED) is 0.358. The molecular formula is C18H17N5O2S3. The predicted octanol–water partition coefficient (Wildman–Crippen LogP) is 5.65. The van der Waals surface area contributed by atoms with E-state index in [1.54, 1.807) is 11.3 Å². The highest BCUT2D eigenvalue weighted by atomic mass is 32.2. The van der Waals surface area contributed by atoms with Crippen LogP contribution in [0.25, 0.3) is 10.7 Å². The van der Waals surface area contributed by atoms with Crippen molar-refractivity contribution < 1.29 is 9.26 Å². The Morgan fingerprint density at radius 1 is 1.21 bits per heavy atom. The second-order valence-electron chi connectivity index (χ2n) is 5.62. The lowest BCUT2D eigenvalue weighted by atomic mass is 10.3. The van der Waals surface area contributed by atoms with Crippen LogP contribution in [-0.4, -0.2) is 26.9 Å². The molecule has 1 unspecified atom stereocenters. The van der Waals surface area contributed by atoms with Crippen LogP contribution in [0.2, 0.25) is 0 Å². The van der Waals surface area contributed by atoms with Gasteiger partial charge in [-0.15, -0.1) is 21.5 Å². The normalized spacial score (nSPS) is 12.1. The number of hydrogen-bond acceptors (Lipinski definition) is 10. The van der Waals surface area contributed by atoms with Gasteiger partial charge < -0.3 is 14.6 Å². The van der Waals surface area contributed by atoms with Crippen LogP contribution in [0.1, 0.15) is 25.0 Å². The van der Waals surface area contributed by atoms with Crippen molar-refractivity contribution in [3.05, 3.63) is 47.7 Å². The number of ether oxygens (including phenoxy) is 1. The molecule has 3 aromatic heterocycles. The lowest BCUT2D eigenvalue weighted by molar-refractivity contribution is 0.342. The van der Waals surface area contributed by atoms with Crippen LogP contribution in [0.4, 0.5) is 10.8 Å². The third-order valence-electron chi connectivity index (χ3n) is 3.64. The summed E-state index contributed by atoms with van der Waals surface area (Å²) >= 11 is 4.59. The Bertz CT molecular complexity index is 1030. The summed E-state index contributed by atoms with van der Waals surface area (Å²) in [5.74, 6) is 1.97. The van der Waals surface area contributed by atoms with Gasteiger partial charge in [-0.2, -0.15) is 4.98 Å². The number of hydrogen-bond donors (Lipinski definition) is 1. The zero-order valence-corrected chi connectivity index (χ0v) is 17.6. The fraction of sp³-hybridized carbons (Fsp3) is 0.222. The van der Waals surface area contributed by atoms with E-state index in [9.17, 15) is 0 Å². The first-order valence-electron chi connectivity index (χ1n) is 8.59. The smallest absolute Gasteiger partial charge is 0.240 e. The van der Waals surface area contributed by atoms with Crippen molar-refractivity contribution in [2.24, 2.45) is 0 Å². The van der Waals surface area contributed by atoms with Gasteiger partial charge >= 0.3 is 0 Å². The molecule has 0 saturated carbocycles. The summed E-state index contributed by atoms with van der Waals surface area (Å²) in [6.07, 6.45) is 0. The third-order valence-corrected chi connectivity index (χ3v) is 6.52. The molecule has 4 aromatic rings. The second kappa shape index (κ2) is 8.72. The molecule has 0 bridgehead atoms. The maximum atomic E-state index is 5.63. The van der Waals surface area contributed by atoms with Crippen LogP contribution in [0.5, 0.6) is 5.75 Å². The van der Waals surface area contributed by atoms with Crippen molar-refractivity contribution >= 4 is 45.3 Å². The van der Waals surface area contributed by atoms with Crippen molar-refractivity contribution in [1.29, 1.82) is 0 Å². The summed E-state index contributed by atoms with van der Waals surface area (Å²) in [4.78, 5) is 5.48. The Labute approximate surface area is 174 Å². The zero-order chi connectivity index (χ0) is 19.3. The van der Waals surface area contributed by atoms with Gasteiger partial charge in [-0.3, -0.25) is 0 Å². The van der Waals surface area contributed by atoms with Crippen LogP contribution >= 0.6 is 34.4 Å². The van der Waals surface area contributed by atoms with E-state index < -0.39 is 0 Å². The molecule has 1 atom stereocenters. The molecule has 144 valence electrons. The van der Waals surface area contributed by atoms with Gasteiger partial charge in [-0.25, -0.2) is 0 Å². The second-order valence-corrected chi connectivity index (χ2v) is 9.13. The Morgan fingerprint density at radius 3 is 2.93 bits per heavy atom. The Hall–Kier alpha value is -2.43. The number of para-hydroxylation sites is 2. The summed E-state index contributed by atoms with van der Waals surface area (Å²) in [5.41, 5.74) is 0.864. The maximum Gasteiger partial charge on any atom is 0.240 e. The topological polar surface area (TPSA) is 86.0 Å². The molecule has 0 aliphatic carbocycles. The molecule has 1 N–H and O–H groups in total. The minimum Gasteiger partial charge on any atom is -0.492 e. The zero-order valence-electron chi connectivity index (χ0n) is 15.2. The van der Waals surface area contributed by atoms with E-state index in [1.165, 1.54) is 23.1 Å². The summed E-state index contributed by atoms with van der Waals surface area (Å²) in [5, 5.41) is 18.5. The average molecular weight is 432 g/mol. The van der Waals surface area contributed by atoms with Crippen molar-refractivity contribution in [1.82, 2.24) is 20.3 Å². The summed E-state index contributed by atoms with van der Waals surface area (Å²) < 4.78 is 11.9. The molecule has 0 aliphatic heterocycles. The number of aromatic nitrogens is 4. The molecule has 7 nitrogen and oxygen atoms in total. The summed E-state index contributed by atoms with van der Waals surface area (Å²) in [7, 11) is 0. The molecular weight excluding hydrogens is 414 g/mol. The lowest BCUT2D eigenvalue weighted by Gasteiger charge is -2.09. The first-order valence-corrected chi connectivity index (χ1v) is 11.2. The Balaban J connectivity index is 1.42. The van der Waals surface area contributed by atoms with Crippen LogP contribution < -0.4 is 10.1 Å². The van der Waals surface area contributed by atoms with Gasteiger partial charge in [0.1, 0.15) is 5.75 Å². The van der Waals surface area contributed by atoms with Crippen LogP contribution in [0, 0.1) is 0 Å². The number of rotatable bonds is 8. The van der Waals surface area contributed by atoms with Gasteiger partial charge in [-0.1, -0.05) is 46.5 Å². The fourth-order valence-corrected chi connectivity index (χ4v) is 4.97. The van der Waals surface area contributed by atoms with E-state index in [-0.39, 0.29) is 5.25 Å². The summed E-state index contributed by atoms with van der Waals surface area (Å²) in [6.45, 7) is 4.57. The van der Waals surface area contributed by atoms with Crippen LogP contribution in [-0.2, 0) is 0 Å². The van der Waals surface area contributed by atoms with E-state index in [0.29, 0.717) is 23.5 Å². The van der Waals surface area contributed by atoms with E-state index in [2.05, 4.69) is 25.7 Å². The number of thioether (sulfide) groups is 1. The van der Waals surface area contributed by atoms with Crippen molar-refractivity contribution in [2.45, 2.75) is 23.4 Å². The number of thiophene rings is 1. The highest BCUT2D eigenvalue weighted by molar-refractivity contribution is 8.01. The number of benzene rings is 1. The molecule has 0 fully saturated rings. The molecule has 0 saturated heterocycles. The number of nitrogens with zero attached hydrogens (tertiary/aromatic N) is 4. The SMILES string of the molecule is CCOc1ccccc1Nc1nnc(SC(C)c2nc(-c3cccs3)no2)s1. The monoisotopic (exact) mass is 431 g/mol. The average Bonchev–Trinajstić information content (AvgIpc) is 3.45. The molecule has 28 heavy (non-hydrogen) atoms. The molecule has 4 rings (SSSR count). The Kier molecular flexibility index (Phi) is 5.89. The fourth-order valence-electron chi connectivity index (χ4n) is 2.38. The minimum absolute atomic E-state index is 0.0299. The van der Waals surface area contributed by atoms with Gasteiger partial charge in [0.2, 0.25) is 16.8 Å². The van der Waals surface area contributed by atoms with Gasteiger partial charge in [0.25, 0.3) is 0 Å². The van der Waals surface area contributed by atoms with Crippen LogP contribution in [0.15, 0.2) is 50.6 Å². The molecule has 10 heteroatoms. The van der Waals surface area contributed by atoms with Gasteiger partial charge in [0.15, 0.2) is 4.34 Å². The standard InChI is InChI=1S/C18H17N5O2S3/c1-3-24-13-8-5-4-7-12(13)19-17-21-22-18(28-17)27-11(2)16-20-15(23-25-16)14-9-6-10-26-14/h4-11H,3H2,1-2H3,(H,19,21). The first-order chi connectivity index (χ1) is 13.7. The van der Waals surface area contributed by atoms with E-state index in [1.807, 2.05) is 55.6 Å². The Morgan fingerprint density at radius 2 is 2.11 bits per heavy atom. The van der Waals surface area contributed by atoms with Crippen molar-refractivity contribution in [3.8, 4) is 16.5 Å². The van der Waals surface area contributed by atoms with Gasteiger partial charge in [-0.05, 0) is 37.4 Å². The first kappa shape index (κ1) is 18.9. The third kappa shape index (κ3) is 4.34. The van der Waals surface area contributed by atoms with Crippen molar-refractivity contribution in [2.75, 3.05) is 11.9 Å². The molecule has 0 amide bonds. The van der Waals surface area contributed by atoms with Crippen molar-refractivity contribution in [3.63, 3.8) is 0 Å². The molecule has 0 aliphatic rings. The van der Waals surface area contributed by atoms with E-state index in [4.69, 9.17) is 9.26 Å². The highest BCUT2D eigenvalue weighted by Gasteiger charge is 2.19. The molecule has 3 heterocycles. The largest absolute Gasteiger partial charge is 0.492 e. The number of nitrogens with one attached hydrogen (secondary N) is 1. The lowest BCUT2D eigenvalue weighted by Crippen LogP contribution is -1.97. The predicted molar refractivity (Wildman–Crippen MR) is 113 cm³/mol. The van der Waals surface area contributed by atoms with Gasteiger partial charge in [0, 0.05) is 0 Å². The van der Waals surface area contributed by atoms with Crippen LogP contribution in [0.3, 0.4) is 0 Å². The molecule has 0 spiro atoms. The molecule has 1 aromatic carbocycles. The molecule has 0 radical (unpaired) electrons. The van der Waals surface area contributed by atoms with E-state index in [0.717, 1.165) is 20.7 Å². The van der Waals surface area contributed by atoms with Gasteiger partial charge in [0.05, 0.1) is 22.4 Å². The number of anilines is 2. The minimum atomic E-state index is -0.0299. The maximum absolute atomic E-state index is 5.63. The summed E-state index contributed by atoms with van der Waals surface area (Å²) in [6, 6.07) is 11.7. The van der Waals surface area contributed by atoms with E-state index >= 15 is 0 Å². The highest BCUT2D eigenvalue weighted by Crippen LogP contribution is 2.38.